The first-order valence-electron chi connectivity index (χ1n) is 8.22. The van der Waals surface area contributed by atoms with E-state index in [0.717, 1.165) is 12.8 Å². The monoisotopic (exact) mass is 315 g/mol. The van der Waals surface area contributed by atoms with Crippen LogP contribution in [0.2, 0.25) is 0 Å². The lowest BCUT2D eigenvalue weighted by Crippen LogP contribution is -2.44. The largest absolute Gasteiger partial charge is 0.353 e. The van der Waals surface area contributed by atoms with Gasteiger partial charge in [-0.1, -0.05) is 19.4 Å². The Morgan fingerprint density at radius 3 is 2.96 bits per heavy atom. The minimum Gasteiger partial charge on any atom is -0.353 e. The number of piperidine rings is 1. The fourth-order valence-corrected chi connectivity index (χ4v) is 3.16. The first-order valence-corrected chi connectivity index (χ1v) is 8.22. The molecule has 1 aromatic rings. The summed E-state index contributed by atoms with van der Waals surface area (Å²) in [5.41, 5.74) is 0.629. The number of nitrogens with zero attached hydrogens (tertiary/aromatic N) is 2. The number of likely N-dealkylation sites (tertiary alicyclic amines) is 1. The van der Waals surface area contributed by atoms with Crippen LogP contribution < -0.4 is 5.32 Å². The quantitative estimate of drug-likeness (QED) is 0.819. The fraction of sp³-hybridized carbons (Fsp3) is 0.500. The van der Waals surface area contributed by atoms with Gasteiger partial charge in [-0.25, -0.2) is 0 Å². The van der Waals surface area contributed by atoms with E-state index in [1.165, 1.54) is 0 Å². The maximum Gasteiger partial charge on any atom is 0.255 e. The lowest BCUT2D eigenvalue weighted by molar-refractivity contribution is -0.122. The van der Waals surface area contributed by atoms with E-state index in [1.807, 2.05) is 4.90 Å². The summed E-state index contributed by atoms with van der Waals surface area (Å²) < 4.78 is 0. The number of nitrogens with one attached hydrogen (secondary N) is 1. The predicted molar refractivity (Wildman–Crippen MR) is 89.9 cm³/mol. The highest BCUT2D eigenvalue weighted by Gasteiger charge is 2.31. The van der Waals surface area contributed by atoms with E-state index < -0.39 is 0 Å². The number of hydrogen-bond acceptors (Lipinski definition) is 3. The standard InChI is InChI=1S/C18H25N3O2/c1-3-8-20-17(22)11-15-7-10-21(13-14(15)4-2)18(23)16-6-5-9-19-12-16/h3,5-6,9,12,14-15H,1,4,7-8,10-11,13H2,2H3,(H,20,22)/t14-,15+/m1/s1. The summed E-state index contributed by atoms with van der Waals surface area (Å²) in [6.07, 6.45) is 7.33. The number of carbonyl (C=O) groups excluding carboxylic acids is 2. The molecule has 2 atom stereocenters. The van der Waals surface area contributed by atoms with Gasteiger partial charge in [0.2, 0.25) is 5.91 Å². The van der Waals surface area contributed by atoms with E-state index >= 15 is 0 Å². The minimum absolute atomic E-state index is 0.0334. The molecule has 1 aliphatic heterocycles. The van der Waals surface area contributed by atoms with Crippen LogP contribution in [-0.4, -0.2) is 41.3 Å². The van der Waals surface area contributed by atoms with E-state index in [-0.39, 0.29) is 11.8 Å². The average Bonchev–Trinajstić information content (AvgIpc) is 2.60. The predicted octanol–water partition coefficient (Wildman–Crippen LogP) is 2.26. The SMILES string of the molecule is C=CCNC(=O)C[C@@H]1CCN(C(=O)c2cccnc2)C[C@H]1CC. The van der Waals surface area contributed by atoms with E-state index in [4.69, 9.17) is 0 Å². The summed E-state index contributed by atoms with van der Waals surface area (Å²) in [7, 11) is 0. The maximum atomic E-state index is 12.5. The first kappa shape index (κ1) is 17.2. The molecule has 0 bridgehead atoms. The number of pyridine rings is 1. The molecule has 0 aromatic carbocycles. The highest BCUT2D eigenvalue weighted by molar-refractivity contribution is 5.93. The van der Waals surface area contributed by atoms with Gasteiger partial charge in [-0.15, -0.1) is 6.58 Å². The second kappa shape index (κ2) is 8.46. The summed E-state index contributed by atoms with van der Waals surface area (Å²) in [5.74, 6) is 0.799. The molecule has 1 saturated heterocycles. The molecule has 0 aliphatic carbocycles. The van der Waals surface area contributed by atoms with E-state index in [2.05, 4.69) is 23.8 Å². The fourth-order valence-electron chi connectivity index (χ4n) is 3.16. The van der Waals surface area contributed by atoms with Crippen molar-refractivity contribution in [1.29, 1.82) is 0 Å². The molecule has 1 fully saturated rings. The average molecular weight is 315 g/mol. The van der Waals surface area contributed by atoms with E-state index in [9.17, 15) is 9.59 Å². The molecule has 1 aliphatic rings. The molecule has 1 aromatic heterocycles. The molecule has 1 N–H and O–H groups in total. The second-order valence-electron chi connectivity index (χ2n) is 6.01. The van der Waals surface area contributed by atoms with Gasteiger partial charge >= 0.3 is 0 Å². The van der Waals surface area contributed by atoms with Crippen molar-refractivity contribution in [1.82, 2.24) is 15.2 Å². The molecular formula is C18H25N3O2. The Morgan fingerprint density at radius 1 is 1.48 bits per heavy atom. The molecule has 0 radical (unpaired) electrons. The highest BCUT2D eigenvalue weighted by atomic mass is 16.2. The van der Waals surface area contributed by atoms with Gasteiger partial charge in [0.15, 0.2) is 0 Å². The molecule has 2 amide bonds. The zero-order valence-electron chi connectivity index (χ0n) is 13.7. The summed E-state index contributed by atoms with van der Waals surface area (Å²) >= 11 is 0. The Labute approximate surface area is 137 Å². The normalized spacial score (nSPS) is 20.8. The Balaban J connectivity index is 1.94. The summed E-state index contributed by atoms with van der Waals surface area (Å²) in [5, 5.41) is 2.84. The van der Waals surface area contributed by atoms with E-state index in [1.54, 1.807) is 30.6 Å². The van der Waals surface area contributed by atoms with E-state index in [0.29, 0.717) is 43.5 Å². The third-order valence-corrected chi connectivity index (χ3v) is 4.50. The Hall–Kier alpha value is -2.17. The van der Waals surface area contributed by atoms with Crippen LogP contribution >= 0.6 is 0 Å². The van der Waals surface area contributed by atoms with Crippen LogP contribution in [-0.2, 0) is 4.79 Å². The van der Waals surface area contributed by atoms with Gasteiger partial charge in [0, 0.05) is 38.4 Å². The van der Waals surface area contributed by atoms with Gasteiger partial charge in [-0.2, -0.15) is 0 Å². The highest BCUT2D eigenvalue weighted by Crippen LogP contribution is 2.29. The van der Waals surface area contributed by atoms with Crippen molar-refractivity contribution in [3.63, 3.8) is 0 Å². The maximum absolute atomic E-state index is 12.5. The third kappa shape index (κ3) is 4.65. The van der Waals surface area contributed by atoms with Gasteiger partial charge in [-0.05, 0) is 30.4 Å². The van der Waals surface area contributed by atoms with Crippen LogP contribution in [0.1, 0.15) is 36.5 Å². The van der Waals surface area contributed by atoms with Crippen molar-refractivity contribution in [2.24, 2.45) is 11.8 Å². The first-order chi connectivity index (χ1) is 11.2. The number of rotatable bonds is 6. The lowest BCUT2D eigenvalue weighted by atomic mass is 9.81. The van der Waals surface area contributed by atoms with Gasteiger partial charge < -0.3 is 10.2 Å². The van der Waals surface area contributed by atoms with Crippen LogP contribution in [0.25, 0.3) is 0 Å². The zero-order valence-corrected chi connectivity index (χ0v) is 13.7. The third-order valence-electron chi connectivity index (χ3n) is 4.50. The molecule has 5 nitrogen and oxygen atoms in total. The van der Waals surface area contributed by atoms with Crippen LogP contribution in [0.5, 0.6) is 0 Å². The summed E-state index contributed by atoms with van der Waals surface area (Å²) in [6, 6.07) is 3.58. The minimum atomic E-state index is 0.0334. The Kier molecular flexibility index (Phi) is 6.32. The van der Waals surface area contributed by atoms with Crippen molar-refractivity contribution in [3.05, 3.63) is 42.7 Å². The van der Waals surface area contributed by atoms with Crippen molar-refractivity contribution < 1.29 is 9.59 Å². The Bertz CT molecular complexity index is 544. The Morgan fingerprint density at radius 2 is 2.30 bits per heavy atom. The van der Waals surface area contributed by atoms with Gasteiger partial charge in [-0.3, -0.25) is 14.6 Å². The van der Waals surface area contributed by atoms with Crippen molar-refractivity contribution >= 4 is 11.8 Å². The van der Waals surface area contributed by atoms with Crippen molar-refractivity contribution in [3.8, 4) is 0 Å². The molecule has 0 unspecified atom stereocenters. The smallest absolute Gasteiger partial charge is 0.255 e. The molecule has 5 heteroatoms. The lowest BCUT2D eigenvalue weighted by Gasteiger charge is -2.38. The van der Waals surface area contributed by atoms with Gasteiger partial charge in [0.1, 0.15) is 0 Å². The van der Waals surface area contributed by atoms with Crippen LogP contribution in [0, 0.1) is 11.8 Å². The van der Waals surface area contributed by atoms with Crippen LogP contribution in [0.3, 0.4) is 0 Å². The molecule has 124 valence electrons. The number of amides is 2. The number of hydrogen-bond donors (Lipinski definition) is 1. The van der Waals surface area contributed by atoms with Crippen LogP contribution in [0.15, 0.2) is 37.2 Å². The van der Waals surface area contributed by atoms with Gasteiger partial charge in [0.05, 0.1) is 5.56 Å². The van der Waals surface area contributed by atoms with Crippen molar-refractivity contribution in [2.45, 2.75) is 26.2 Å². The molecule has 2 rings (SSSR count). The number of aromatic nitrogens is 1. The molecule has 23 heavy (non-hydrogen) atoms. The zero-order chi connectivity index (χ0) is 16.7. The van der Waals surface area contributed by atoms with Crippen LogP contribution in [0.4, 0.5) is 0 Å². The topological polar surface area (TPSA) is 62.3 Å². The number of carbonyl (C=O) groups is 2. The molecule has 2 heterocycles. The molecule has 0 saturated carbocycles. The summed E-state index contributed by atoms with van der Waals surface area (Å²) in [6.45, 7) is 7.65. The summed E-state index contributed by atoms with van der Waals surface area (Å²) in [4.78, 5) is 30.4. The molecule has 0 spiro atoms. The second-order valence-corrected chi connectivity index (χ2v) is 6.01. The van der Waals surface area contributed by atoms with Crippen molar-refractivity contribution in [2.75, 3.05) is 19.6 Å². The molecular weight excluding hydrogens is 290 g/mol. The van der Waals surface area contributed by atoms with Gasteiger partial charge in [0.25, 0.3) is 5.91 Å².